The molecule has 0 radical (unpaired) electrons. The monoisotopic (exact) mass is 274 g/mol. The lowest BCUT2D eigenvalue weighted by atomic mass is 10.2. The number of carboxylic acid groups (broad SMARTS) is 1. The van der Waals surface area contributed by atoms with Gasteiger partial charge in [0.05, 0.1) is 17.8 Å². The molecule has 5 heteroatoms. The minimum Gasteiger partial charge on any atom is -0.481 e. The highest BCUT2D eigenvalue weighted by Crippen LogP contribution is 2.28. The Morgan fingerprint density at radius 3 is 2.58 bits per heavy atom. The van der Waals surface area contributed by atoms with Crippen molar-refractivity contribution >= 4 is 17.7 Å². The first kappa shape index (κ1) is 13.5. The minimum absolute atomic E-state index is 0.0498. The van der Waals surface area contributed by atoms with Gasteiger partial charge in [-0.25, -0.2) is 4.98 Å². The Bertz CT molecular complexity index is 597. The van der Waals surface area contributed by atoms with Crippen LogP contribution in [0.3, 0.4) is 0 Å². The molecule has 0 aliphatic heterocycles. The third-order valence-corrected chi connectivity index (χ3v) is 3.61. The van der Waals surface area contributed by atoms with Crippen molar-refractivity contribution in [3.05, 3.63) is 47.4 Å². The van der Waals surface area contributed by atoms with Crippen molar-refractivity contribution in [2.75, 3.05) is 0 Å². The smallest absolute Gasteiger partial charge is 0.307 e. The van der Waals surface area contributed by atoms with Crippen molar-refractivity contribution in [3.8, 4) is 0 Å². The number of aliphatic carboxylic acids is 1. The fourth-order valence-electron chi connectivity index (χ4n) is 1.57. The van der Waals surface area contributed by atoms with Crippen LogP contribution in [-0.4, -0.2) is 21.0 Å². The number of aromatic nitrogens is 2. The minimum atomic E-state index is -0.819. The molecule has 0 unspecified atom stereocenters. The molecule has 0 fully saturated rings. The van der Waals surface area contributed by atoms with E-state index in [0.717, 1.165) is 26.9 Å². The van der Waals surface area contributed by atoms with Crippen LogP contribution in [0.5, 0.6) is 0 Å². The second kappa shape index (κ2) is 5.84. The molecule has 0 amide bonds. The Balaban J connectivity index is 2.15. The predicted molar refractivity (Wildman–Crippen MR) is 73.4 cm³/mol. The molecule has 98 valence electrons. The van der Waals surface area contributed by atoms with Crippen LogP contribution in [0.4, 0.5) is 0 Å². The summed E-state index contributed by atoms with van der Waals surface area (Å²) in [5.41, 5.74) is 2.57. The second-order valence-electron chi connectivity index (χ2n) is 4.22. The van der Waals surface area contributed by atoms with E-state index in [-0.39, 0.29) is 6.42 Å². The summed E-state index contributed by atoms with van der Waals surface area (Å²) in [6.45, 7) is 3.83. The lowest BCUT2D eigenvalue weighted by Crippen LogP contribution is -1.99. The molecule has 0 saturated carbocycles. The van der Waals surface area contributed by atoms with Gasteiger partial charge < -0.3 is 5.11 Å². The highest BCUT2D eigenvalue weighted by atomic mass is 32.2. The molecule has 1 N–H and O–H groups in total. The molecule has 0 aliphatic carbocycles. The Morgan fingerprint density at radius 1 is 1.26 bits per heavy atom. The van der Waals surface area contributed by atoms with E-state index >= 15 is 0 Å². The van der Waals surface area contributed by atoms with E-state index < -0.39 is 5.97 Å². The molecule has 19 heavy (non-hydrogen) atoms. The zero-order valence-corrected chi connectivity index (χ0v) is 11.6. The average molecular weight is 274 g/mol. The summed E-state index contributed by atoms with van der Waals surface area (Å²) in [7, 11) is 0. The fraction of sp³-hybridized carbons (Fsp3) is 0.214. The Hall–Kier alpha value is -1.88. The lowest BCUT2D eigenvalue weighted by Gasteiger charge is -2.05. The molecular weight excluding hydrogens is 260 g/mol. The molecule has 2 aromatic rings. The van der Waals surface area contributed by atoms with Crippen molar-refractivity contribution < 1.29 is 9.90 Å². The van der Waals surface area contributed by atoms with Gasteiger partial charge in [-0.05, 0) is 31.5 Å². The van der Waals surface area contributed by atoms with Gasteiger partial charge in [0.1, 0.15) is 5.03 Å². The number of hydrogen-bond acceptors (Lipinski definition) is 4. The lowest BCUT2D eigenvalue weighted by molar-refractivity contribution is -0.136. The number of carbonyl (C=O) groups is 1. The van der Waals surface area contributed by atoms with Gasteiger partial charge in [-0.15, -0.1) is 0 Å². The maximum absolute atomic E-state index is 10.6. The van der Waals surface area contributed by atoms with E-state index in [2.05, 4.69) is 9.97 Å². The largest absolute Gasteiger partial charge is 0.481 e. The molecule has 0 saturated heterocycles. The van der Waals surface area contributed by atoms with Crippen LogP contribution in [0.15, 0.2) is 40.4 Å². The van der Waals surface area contributed by atoms with Gasteiger partial charge in [0.25, 0.3) is 0 Å². The van der Waals surface area contributed by atoms with Gasteiger partial charge in [-0.2, -0.15) is 0 Å². The average Bonchev–Trinajstić information content (AvgIpc) is 2.35. The molecular formula is C14H14N2O2S. The highest BCUT2D eigenvalue weighted by molar-refractivity contribution is 7.99. The van der Waals surface area contributed by atoms with Gasteiger partial charge in [0, 0.05) is 11.1 Å². The van der Waals surface area contributed by atoms with Crippen LogP contribution < -0.4 is 0 Å². The fourth-order valence-corrected chi connectivity index (χ4v) is 2.46. The summed E-state index contributed by atoms with van der Waals surface area (Å²) in [6, 6.07) is 7.48. The Kier molecular flexibility index (Phi) is 4.16. The zero-order chi connectivity index (χ0) is 13.8. The van der Waals surface area contributed by atoms with Crippen LogP contribution >= 0.6 is 11.8 Å². The van der Waals surface area contributed by atoms with Gasteiger partial charge >= 0.3 is 5.97 Å². The van der Waals surface area contributed by atoms with E-state index in [1.165, 1.54) is 11.8 Å². The Labute approximate surface area is 115 Å². The number of aryl methyl sites for hydroxylation is 2. The van der Waals surface area contributed by atoms with Crippen molar-refractivity contribution in [2.24, 2.45) is 0 Å². The molecule has 1 aromatic carbocycles. The normalized spacial score (nSPS) is 10.4. The molecule has 0 atom stereocenters. The van der Waals surface area contributed by atoms with Crippen molar-refractivity contribution in [3.63, 3.8) is 0 Å². The first-order valence-electron chi connectivity index (χ1n) is 5.83. The highest BCUT2D eigenvalue weighted by Gasteiger charge is 2.05. The van der Waals surface area contributed by atoms with Gasteiger partial charge in [0.15, 0.2) is 0 Å². The number of benzene rings is 1. The van der Waals surface area contributed by atoms with Crippen molar-refractivity contribution in [1.29, 1.82) is 0 Å². The van der Waals surface area contributed by atoms with Crippen LogP contribution in [0.1, 0.15) is 17.0 Å². The maximum atomic E-state index is 10.6. The summed E-state index contributed by atoms with van der Waals surface area (Å²) >= 11 is 1.53. The van der Waals surface area contributed by atoms with Crippen LogP contribution in [-0.2, 0) is 11.2 Å². The van der Waals surface area contributed by atoms with E-state index in [1.807, 2.05) is 38.1 Å². The molecule has 0 spiro atoms. The molecule has 0 aliphatic rings. The first-order valence-corrected chi connectivity index (χ1v) is 6.65. The quantitative estimate of drug-likeness (QED) is 0.928. The number of nitrogens with zero attached hydrogens (tertiary/aromatic N) is 2. The van der Waals surface area contributed by atoms with Crippen molar-refractivity contribution in [2.45, 2.75) is 30.2 Å². The topological polar surface area (TPSA) is 63.1 Å². The first-order chi connectivity index (χ1) is 9.04. The summed E-state index contributed by atoms with van der Waals surface area (Å²) < 4.78 is 0. The molecule has 4 nitrogen and oxygen atoms in total. The van der Waals surface area contributed by atoms with E-state index in [1.54, 1.807) is 6.20 Å². The predicted octanol–water partition coefficient (Wildman–Crippen LogP) is 2.87. The summed E-state index contributed by atoms with van der Waals surface area (Å²) in [5, 5.41) is 9.60. The zero-order valence-electron chi connectivity index (χ0n) is 10.8. The number of rotatable bonds is 4. The summed E-state index contributed by atoms with van der Waals surface area (Å²) in [6.07, 6.45) is 1.80. The summed E-state index contributed by atoms with van der Waals surface area (Å²) in [5.74, 6) is -0.819. The number of hydrogen-bond donors (Lipinski definition) is 1. The van der Waals surface area contributed by atoms with E-state index in [0.29, 0.717) is 0 Å². The van der Waals surface area contributed by atoms with E-state index in [9.17, 15) is 4.79 Å². The van der Waals surface area contributed by atoms with Gasteiger partial charge in [-0.1, -0.05) is 23.9 Å². The summed E-state index contributed by atoms with van der Waals surface area (Å²) in [4.78, 5) is 20.3. The van der Waals surface area contributed by atoms with Gasteiger partial charge in [-0.3, -0.25) is 9.78 Å². The standard InChI is InChI=1S/C14H14N2O2S/c1-9-8-15-10(2)14(16-9)19-12-5-3-11(4-6-12)7-13(17)18/h3-6,8H,7H2,1-2H3,(H,17,18). The number of carboxylic acids is 1. The van der Waals surface area contributed by atoms with E-state index in [4.69, 9.17) is 5.11 Å². The molecule has 1 aromatic heterocycles. The second-order valence-corrected chi connectivity index (χ2v) is 5.28. The third-order valence-electron chi connectivity index (χ3n) is 2.53. The van der Waals surface area contributed by atoms with Crippen LogP contribution in [0.25, 0.3) is 0 Å². The molecule has 0 bridgehead atoms. The maximum Gasteiger partial charge on any atom is 0.307 e. The molecule has 2 rings (SSSR count). The molecule has 1 heterocycles. The van der Waals surface area contributed by atoms with Gasteiger partial charge in [0.2, 0.25) is 0 Å². The SMILES string of the molecule is Cc1cnc(C)c(Sc2ccc(CC(=O)O)cc2)n1. The third kappa shape index (κ3) is 3.79. The van der Waals surface area contributed by atoms with Crippen LogP contribution in [0, 0.1) is 13.8 Å². The van der Waals surface area contributed by atoms with Crippen molar-refractivity contribution in [1.82, 2.24) is 9.97 Å². The van der Waals surface area contributed by atoms with Crippen LogP contribution in [0.2, 0.25) is 0 Å². The Morgan fingerprint density at radius 2 is 1.95 bits per heavy atom.